The number of benzene rings is 2. The third-order valence-corrected chi connectivity index (χ3v) is 5.13. The first-order valence-electron chi connectivity index (χ1n) is 8.35. The molecular formula is C20H16ClN3O2S. The Morgan fingerprint density at radius 1 is 1.22 bits per heavy atom. The van der Waals surface area contributed by atoms with Crippen LogP contribution in [0.1, 0.15) is 6.92 Å². The number of anilines is 1. The number of carbonyl (C=O) groups excluding carboxylic acids is 1. The lowest BCUT2D eigenvalue weighted by atomic mass is 10.1. The molecule has 136 valence electrons. The summed E-state index contributed by atoms with van der Waals surface area (Å²) in [7, 11) is 0. The molecule has 1 unspecified atom stereocenters. The SMILES string of the molecule is CC(Oc1ccccc1Cl)C(=O)Nc1ccc(-c2cn3ccsc3n2)cc1. The fraction of sp³-hybridized carbons (Fsp3) is 0.100. The van der Waals surface area contributed by atoms with E-state index in [4.69, 9.17) is 16.3 Å². The number of halogens is 1. The van der Waals surface area contributed by atoms with Crippen LogP contribution in [0.2, 0.25) is 5.02 Å². The third kappa shape index (κ3) is 3.82. The van der Waals surface area contributed by atoms with Crippen molar-refractivity contribution < 1.29 is 9.53 Å². The average Bonchev–Trinajstić information content (AvgIpc) is 3.26. The molecule has 4 aromatic rings. The second-order valence-electron chi connectivity index (χ2n) is 5.98. The average molecular weight is 398 g/mol. The number of aromatic nitrogens is 2. The van der Waals surface area contributed by atoms with Crippen molar-refractivity contribution in [1.29, 1.82) is 0 Å². The molecule has 1 atom stereocenters. The standard InChI is InChI=1S/C20H16ClN3O2S/c1-13(26-18-5-3-2-4-16(18)21)19(25)22-15-8-6-14(7-9-15)17-12-24-10-11-27-20(24)23-17/h2-13H,1H3,(H,22,25). The molecule has 0 bridgehead atoms. The van der Waals surface area contributed by atoms with Crippen molar-refractivity contribution in [2.24, 2.45) is 0 Å². The van der Waals surface area contributed by atoms with Crippen LogP contribution < -0.4 is 10.1 Å². The molecular weight excluding hydrogens is 382 g/mol. The summed E-state index contributed by atoms with van der Waals surface area (Å²) in [6.07, 6.45) is 3.29. The van der Waals surface area contributed by atoms with Crippen molar-refractivity contribution in [3.8, 4) is 17.0 Å². The van der Waals surface area contributed by atoms with Gasteiger partial charge < -0.3 is 10.1 Å². The molecule has 4 rings (SSSR count). The largest absolute Gasteiger partial charge is 0.479 e. The van der Waals surface area contributed by atoms with Gasteiger partial charge in [0.1, 0.15) is 5.75 Å². The number of fused-ring (bicyclic) bond motifs is 1. The zero-order chi connectivity index (χ0) is 18.8. The highest BCUT2D eigenvalue weighted by molar-refractivity contribution is 7.15. The van der Waals surface area contributed by atoms with Crippen LogP contribution in [0.4, 0.5) is 5.69 Å². The van der Waals surface area contributed by atoms with Crippen LogP contribution in [-0.2, 0) is 4.79 Å². The Bertz CT molecular complexity index is 1060. The molecule has 0 saturated heterocycles. The maximum Gasteiger partial charge on any atom is 0.265 e. The zero-order valence-electron chi connectivity index (χ0n) is 14.4. The number of ether oxygens (including phenoxy) is 1. The Morgan fingerprint density at radius 2 is 2.00 bits per heavy atom. The van der Waals surface area contributed by atoms with Gasteiger partial charge in [0.05, 0.1) is 10.7 Å². The third-order valence-electron chi connectivity index (χ3n) is 4.05. The monoisotopic (exact) mass is 397 g/mol. The molecule has 2 heterocycles. The lowest BCUT2D eigenvalue weighted by Crippen LogP contribution is -2.30. The number of rotatable bonds is 5. The van der Waals surface area contributed by atoms with Gasteiger partial charge in [-0.05, 0) is 31.2 Å². The van der Waals surface area contributed by atoms with Crippen molar-refractivity contribution >= 4 is 39.5 Å². The van der Waals surface area contributed by atoms with Gasteiger partial charge in [0.2, 0.25) is 0 Å². The van der Waals surface area contributed by atoms with E-state index in [1.807, 2.05) is 58.6 Å². The van der Waals surface area contributed by atoms with Gasteiger partial charge in [0, 0.05) is 29.0 Å². The van der Waals surface area contributed by atoms with E-state index in [1.54, 1.807) is 30.4 Å². The Hall–Kier alpha value is -2.83. The summed E-state index contributed by atoms with van der Waals surface area (Å²) in [5.41, 5.74) is 2.58. The fourth-order valence-electron chi connectivity index (χ4n) is 2.62. The van der Waals surface area contributed by atoms with E-state index in [0.717, 1.165) is 16.2 Å². The molecule has 0 aliphatic carbocycles. The predicted molar refractivity (Wildman–Crippen MR) is 109 cm³/mol. The van der Waals surface area contributed by atoms with Gasteiger partial charge in [-0.15, -0.1) is 11.3 Å². The minimum absolute atomic E-state index is 0.245. The second kappa shape index (κ2) is 7.42. The number of para-hydroxylation sites is 1. The minimum Gasteiger partial charge on any atom is -0.479 e. The molecule has 2 aromatic heterocycles. The van der Waals surface area contributed by atoms with E-state index in [2.05, 4.69) is 10.3 Å². The highest BCUT2D eigenvalue weighted by atomic mass is 35.5. The van der Waals surface area contributed by atoms with Crippen molar-refractivity contribution in [3.05, 3.63) is 71.3 Å². The molecule has 7 heteroatoms. The summed E-state index contributed by atoms with van der Waals surface area (Å²) in [4.78, 5) is 17.9. The number of nitrogens with zero attached hydrogens (tertiary/aromatic N) is 2. The van der Waals surface area contributed by atoms with E-state index >= 15 is 0 Å². The molecule has 5 nitrogen and oxygen atoms in total. The van der Waals surface area contributed by atoms with Crippen molar-refractivity contribution in [2.45, 2.75) is 13.0 Å². The number of hydrogen-bond acceptors (Lipinski definition) is 4. The number of carbonyl (C=O) groups is 1. The summed E-state index contributed by atoms with van der Waals surface area (Å²) < 4.78 is 7.63. The van der Waals surface area contributed by atoms with E-state index in [9.17, 15) is 4.79 Å². The molecule has 0 aliphatic heterocycles. The lowest BCUT2D eigenvalue weighted by Gasteiger charge is -2.15. The fourth-order valence-corrected chi connectivity index (χ4v) is 3.50. The molecule has 0 fully saturated rings. The van der Waals surface area contributed by atoms with Crippen molar-refractivity contribution in [1.82, 2.24) is 9.38 Å². The maximum absolute atomic E-state index is 12.4. The van der Waals surface area contributed by atoms with Gasteiger partial charge in [-0.25, -0.2) is 4.98 Å². The summed E-state index contributed by atoms with van der Waals surface area (Å²) in [5, 5.41) is 5.32. The second-order valence-corrected chi connectivity index (χ2v) is 7.26. The van der Waals surface area contributed by atoms with Gasteiger partial charge in [0.25, 0.3) is 5.91 Å². The zero-order valence-corrected chi connectivity index (χ0v) is 16.0. The molecule has 0 radical (unpaired) electrons. The Kier molecular flexibility index (Phi) is 4.83. The van der Waals surface area contributed by atoms with Crippen molar-refractivity contribution in [2.75, 3.05) is 5.32 Å². The van der Waals surface area contributed by atoms with Gasteiger partial charge in [-0.1, -0.05) is 35.9 Å². The summed E-state index contributed by atoms with van der Waals surface area (Å²) in [5.74, 6) is 0.238. The van der Waals surface area contributed by atoms with Crippen LogP contribution in [0.3, 0.4) is 0 Å². The van der Waals surface area contributed by atoms with Gasteiger partial charge in [-0.3, -0.25) is 9.20 Å². The van der Waals surface area contributed by atoms with Crippen molar-refractivity contribution in [3.63, 3.8) is 0 Å². The summed E-state index contributed by atoms with van der Waals surface area (Å²) in [6.45, 7) is 1.69. The van der Waals surface area contributed by atoms with Crippen LogP contribution in [0, 0.1) is 0 Å². The van der Waals surface area contributed by atoms with E-state index in [1.165, 1.54) is 0 Å². The molecule has 0 spiro atoms. The van der Waals surface area contributed by atoms with Crippen LogP contribution in [-0.4, -0.2) is 21.4 Å². The van der Waals surface area contributed by atoms with Gasteiger partial charge in [-0.2, -0.15) is 0 Å². The molecule has 0 saturated carbocycles. The number of hydrogen-bond donors (Lipinski definition) is 1. The Morgan fingerprint density at radius 3 is 2.74 bits per heavy atom. The van der Waals surface area contributed by atoms with Crippen LogP contribution in [0.15, 0.2) is 66.3 Å². The normalized spacial score (nSPS) is 12.1. The van der Waals surface area contributed by atoms with Crippen LogP contribution in [0.25, 0.3) is 16.2 Å². The van der Waals surface area contributed by atoms with E-state index in [-0.39, 0.29) is 5.91 Å². The molecule has 2 aromatic carbocycles. The van der Waals surface area contributed by atoms with E-state index in [0.29, 0.717) is 16.5 Å². The molecule has 0 aliphatic rings. The number of nitrogens with one attached hydrogen (secondary N) is 1. The first-order chi connectivity index (χ1) is 13.1. The number of thiazole rings is 1. The quantitative estimate of drug-likeness (QED) is 0.508. The topological polar surface area (TPSA) is 55.6 Å². The Balaban J connectivity index is 1.42. The van der Waals surface area contributed by atoms with E-state index < -0.39 is 6.10 Å². The highest BCUT2D eigenvalue weighted by Gasteiger charge is 2.16. The maximum atomic E-state index is 12.4. The Labute approximate surface area is 165 Å². The lowest BCUT2D eigenvalue weighted by molar-refractivity contribution is -0.122. The molecule has 1 amide bonds. The smallest absolute Gasteiger partial charge is 0.265 e. The molecule has 1 N–H and O–H groups in total. The van der Waals surface area contributed by atoms with Crippen LogP contribution >= 0.6 is 22.9 Å². The minimum atomic E-state index is -0.676. The first kappa shape index (κ1) is 17.6. The van der Waals surface area contributed by atoms with Gasteiger partial charge in [0.15, 0.2) is 11.1 Å². The number of amides is 1. The number of imidazole rings is 1. The summed E-state index contributed by atoms with van der Waals surface area (Å²) in [6, 6.07) is 14.6. The first-order valence-corrected chi connectivity index (χ1v) is 9.60. The van der Waals surface area contributed by atoms with Gasteiger partial charge >= 0.3 is 0 Å². The highest BCUT2D eigenvalue weighted by Crippen LogP contribution is 2.25. The summed E-state index contributed by atoms with van der Waals surface area (Å²) >= 11 is 7.66. The predicted octanol–water partition coefficient (Wildman–Crippen LogP) is 5.12. The molecule has 27 heavy (non-hydrogen) atoms. The van der Waals surface area contributed by atoms with Crippen LogP contribution in [0.5, 0.6) is 5.75 Å².